The van der Waals surface area contributed by atoms with Crippen molar-refractivity contribution >= 4 is 0 Å². The van der Waals surface area contributed by atoms with E-state index in [-0.39, 0.29) is 12.6 Å². The summed E-state index contributed by atoms with van der Waals surface area (Å²) in [5, 5.41) is 2.91. The minimum atomic E-state index is -2.26. The Hall–Kier alpha value is -0.260. The van der Waals surface area contributed by atoms with Gasteiger partial charge in [0.15, 0.2) is 0 Å². The second-order valence-corrected chi connectivity index (χ2v) is 4.39. The average molecular weight is 221 g/mol. The van der Waals surface area contributed by atoms with Gasteiger partial charge in [0.05, 0.1) is 6.54 Å². The summed E-state index contributed by atoms with van der Waals surface area (Å²) in [6.07, 6.45) is -1.28. The first-order valence-electron chi connectivity index (χ1n) is 5.55. The van der Waals surface area contributed by atoms with E-state index in [1.165, 1.54) is 0 Å². The predicted octanol–water partition coefficient (Wildman–Crippen LogP) is 0.510. The smallest absolute Gasteiger partial charge is 0.250 e. The Labute approximate surface area is 90.0 Å². The number of rotatable bonds is 5. The van der Waals surface area contributed by atoms with Crippen LogP contribution in [0.15, 0.2) is 0 Å². The molecule has 0 aromatic rings. The Balaban J connectivity index is 2.31. The first-order valence-corrected chi connectivity index (χ1v) is 5.55. The number of likely N-dealkylation sites (tertiary alicyclic amines) is 1. The molecule has 1 aliphatic heterocycles. The molecule has 1 fully saturated rings. The predicted molar refractivity (Wildman–Crippen MR) is 57.1 cm³/mol. The van der Waals surface area contributed by atoms with Gasteiger partial charge in [-0.1, -0.05) is 6.92 Å². The highest BCUT2D eigenvalue weighted by Gasteiger charge is 2.24. The maximum atomic E-state index is 12.0. The summed E-state index contributed by atoms with van der Waals surface area (Å²) in [5.74, 6) is 0.556. The fraction of sp³-hybridized carbons (Fsp3) is 1.00. The Kier molecular flexibility index (Phi) is 5.42. The van der Waals surface area contributed by atoms with Crippen LogP contribution < -0.4 is 11.1 Å². The van der Waals surface area contributed by atoms with Crippen molar-refractivity contribution in [3.63, 3.8) is 0 Å². The van der Waals surface area contributed by atoms with Gasteiger partial charge in [0.25, 0.3) is 6.43 Å². The Morgan fingerprint density at radius 1 is 1.47 bits per heavy atom. The van der Waals surface area contributed by atoms with Gasteiger partial charge in [-0.25, -0.2) is 8.78 Å². The molecule has 1 heterocycles. The lowest BCUT2D eigenvalue weighted by Gasteiger charge is -2.36. The molecule has 0 spiro atoms. The summed E-state index contributed by atoms with van der Waals surface area (Å²) in [4.78, 5) is 2.25. The highest BCUT2D eigenvalue weighted by molar-refractivity contribution is 4.81. The van der Waals surface area contributed by atoms with Gasteiger partial charge in [0, 0.05) is 32.2 Å². The van der Waals surface area contributed by atoms with Crippen LogP contribution in [0.4, 0.5) is 8.78 Å². The lowest BCUT2D eigenvalue weighted by Crippen LogP contribution is -2.50. The molecule has 0 saturated carbocycles. The molecule has 1 rings (SSSR count). The molecule has 5 heteroatoms. The van der Waals surface area contributed by atoms with Crippen LogP contribution in [0.3, 0.4) is 0 Å². The van der Waals surface area contributed by atoms with Gasteiger partial charge in [0.2, 0.25) is 0 Å². The monoisotopic (exact) mass is 221 g/mol. The van der Waals surface area contributed by atoms with E-state index in [0.29, 0.717) is 12.5 Å². The zero-order valence-corrected chi connectivity index (χ0v) is 9.26. The average Bonchev–Trinajstić information content (AvgIpc) is 2.14. The fourth-order valence-electron chi connectivity index (χ4n) is 2.23. The first kappa shape index (κ1) is 12.8. The van der Waals surface area contributed by atoms with Crippen molar-refractivity contribution in [2.24, 2.45) is 11.7 Å². The van der Waals surface area contributed by atoms with Crippen molar-refractivity contribution in [1.82, 2.24) is 10.2 Å². The molecule has 1 saturated heterocycles. The summed E-state index contributed by atoms with van der Waals surface area (Å²) in [7, 11) is 0. The normalized spacial score (nSPS) is 28.6. The Morgan fingerprint density at radius 3 is 2.80 bits per heavy atom. The third-order valence-corrected chi connectivity index (χ3v) is 2.74. The molecule has 0 aromatic heterocycles. The van der Waals surface area contributed by atoms with E-state index in [9.17, 15) is 8.78 Å². The molecular formula is C10H21F2N3. The number of hydrogen-bond donors (Lipinski definition) is 2. The third kappa shape index (κ3) is 4.86. The number of nitrogens with zero attached hydrogens (tertiary/aromatic N) is 1. The van der Waals surface area contributed by atoms with Crippen molar-refractivity contribution in [2.75, 3.05) is 32.7 Å². The Morgan fingerprint density at radius 2 is 2.20 bits per heavy atom. The number of nitrogens with one attached hydrogen (secondary N) is 1. The van der Waals surface area contributed by atoms with E-state index in [2.05, 4.69) is 17.1 Å². The van der Waals surface area contributed by atoms with Crippen molar-refractivity contribution in [1.29, 1.82) is 0 Å². The molecule has 0 aromatic carbocycles. The lowest BCUT2D eigenvalue weighted by molar-refractivity contribution is 0.114. The number of piperidine rings is 1. The van der Waals surface area contributed by atoms with Crippen molar-refractivity contribution < 1.29 is 8.78 Å². The maximum absolute atomic E-state index is 12.0. The van der Waals surface area contributed by atoms with Crippen LogP contribution in [0.25, 0.3) is 0 Å². The number of halogens is 2. The van der Waals surface area contributed by atoms with E-state index in [4.69, 9.17) is 5.73 Å². The quantitative estimate of drug-likeness (QED) is 0.711. The van der Waals surface area contributed by atoms with E-state index in [1.54, 1.807) is 0 Å². The molecule has 0 radical (unpaired) electrons. The highest BCUT2D eigenvalue weighted by atomic mass is 19.3. The topological polar surface area (TPSA) is 41.3 Å². The number of hydrogen-bond acceptors (Lipinski definition) is 3. The summed E-state index contributed by atoms with van der Waals surface area (Å²) in [6, 6.07) is 0.189. The van der Waals surface area contributed by atoms with Crippen molar-refractivity contribution in [3.8, 4) is 0 Å². The summed E-state index contributed by atoms with van der Waals surface area (Å²) in [5.41, 5.74) is 5.49. The van der Waals surface area contributed by atoms with E-state index < -0.39 is 6.43 Å². The molecule has 3 nitrogen and oxygen atoms in total. The summed E-state index contributed by atoms with van der Waals surface area (Å²) < 4.78 is 24.1. The molecule has 2 atom stereocenters. The van der Waals surface area contributed by atoms with Crippen molar-refractivity contribution in [3.05, 3.63) is 0 Å². The highest BCUT2D eigenvalue weighted by Crippen LogP contribution is 2.15. The van der Waals surface area contributed by atoms with Crippen LogP contribution in [0, 0.1) is 5.92 Å². The molecule has 15 heavy (non-hydrogen) atoms. The molecule has 90 valence electrons. The number of nitrogens with two attached hydrogens (primary N) is 1. The summed E-state index contributed by atoms with van der Waals surface area (Å²) >= 11 is 0. The van der Waals surface area contributed by atoms with Gasteiger partial charge in [-0.3, -0.25) is 0 Å². The maximum Gasteiger partial charge on any atom is 0.250 e. The fourth-order valence-corrected chi connectivity index (χ4v) is 2.23. The van der Waals surface area contributed by atoms with Crippen LogP contribution in [-0.4, -0.2) is 50.1 Å². The molecule has 0 aliphatic carbocycles. The van der Waals surface area contributed by atoms with Crippen LogP contribution in [0.1, 0.15) is 13.3 Å². The van der Waals surface area contributed by atoms with Gasteiger partial charge in [-0.15, -0.1) is 0 Å². The standard InChI is InChI=1S/C10H21F2N3/c1-8-4-9(14-5-10(11)12)7-15(6-8)3-2-13/h8-10,14H,2-7,13H2,1H3. The Bertz CT molecular complexity index is 178. The van der Waals surface area contributed by atoms with Crippen LogP contribution in [0.2, 0.25) is 0 Å². The molecule has 1 aliphatic rings. The van der Waals surface area contributed by atoms with E-state index in [0.717, 1.165) is 26.1 Å². The van der Waals surface area contributed by atoms with Gasteiger partial charge < -0.3 is 16.0 Å². The van der Waals surface area contributed by atoms with Gasteiger partial charge in [-0.2, -0.15) is 0 Å². The zero-order chi connectivity index (χ0) is 11.3. The summed E-state index contributed by atoms with van der Waals surface area (Å²) in [6.45, 7) is 5.32. The first-order chi connectivity index (χ1) is 7.11. The molecular weight excluding hydrogens is 200 g/mol. The molecule has 0 bridgehead atoms. The molecule has 0 amide bonds. The van der Waals surface area contributed by atoms with Gasteiger partial charge in [-0.05, 0) is 12.3 Å². The zero-order valence-electron chi connectivity index (χ0n) is 9.26. The second kappa shape index (κ2) is 6.35. The minimum absolute atomic E-state index is 0.189. The number of alkyl halides is 2. The van der Waals surface area contributed by atoms with E-state index >= 15 is 0 Å². The van der Waals surface area contributed by atoms with Crippen LogP contribution >= 0.6 is 0 Å². The molecule has 2 unspecified atom stereocenters. The lowest BCUT2D eigenvalue weighted by atomic mass is 9.96. The van der Waals surface area contributed by atoms with Gasteiger partial charge in [0.1, 0.15) is 0 Å². The van der Waals surface area contributed by atoms with Crippen molar-refractivity contribution in [2.45, 2.75) is 25.8 Å². The largest absolute Gasteiger partial charge is 0.329 e. The van der Waals surface area contributed by atoms with Gasteiger partial charge >= 0.3 is 0 Å². The van der Waals surface area contributed by atoms with Crippen LogP contribution in [0.5, 0.6) is 0 Å². The SMILES string of the molecule is CC1CC(NCC(F)F)CN(CCN)C1. The molecule has 3 N–H and O–H groups in total. The second-order valence-electron chi connectivity index (χ2n) is 4.39. The van der Waals surface area contributed by atoms with Crippen LogP contribution in [-0.2, 0) is 0 Å². The van der Waals surface area contributed by atoms with E-state index in [1.807, 2.05) is 0 Å². The third-order valence-electron chi connectivity index (χ3n) is 2.74. The minimum Gasteiger partial charge on any atom is -0.329 e.